The van der Waals surface area contributed by atoms with Crippen LogP contribution < -0.4 is 15.4 Å². The lowest BCUT2D eigenvalue weighted by Crippen LogP contribution is -2.41. The van der Waals surface area contributed by atoms with E-state index in [9.17, 15) is 22.8 Å². The van der Waals surface area contributed by atoms with Gasteiger partial charge in [0.05, 0.1) is 37.5 Å². The number of amides is 2. The Kier molecular flexibility index (Phi) is 8.65. The molecule has 0 fully saturated rings. The quantitative estimate of drug-likeness (QED) is 0.602. The number of hydrogen-bond donors (Lipinski definition) is 2. The SMILES string of the molecule is COc1ccc(C(NC(=O)CN(C)CC(=O)Nc2ccccc2C(F)(F)F)C(C)C)cc1. The third-order valence-electron chi connectivity index (χ3n) is 4.79. The van der Waals surface area contributed by atoms with Gasteiger partial charge in [-0.1, -0.05) is 38.1 Å². The van der Waals surface area contributed by atoms with Crippen molar-refractivity contribution in [2.45, 2.75) is 26.1 Å². The highest BCUT2D eigenvalue weighted by Crippen LogP contribution is 2.34. The maximum atomic E-state index is 13.1. The van der Waals surface area contributed by atoms with Gasteiger partial charge < -0.3 is 15.4 Å². The minimum atomic E-state index is -4.58. The predicted molar refractivity (Wildman–Crippen MR) is 116 cm³/mol. The number of carbonyl (C=O) groups excluding carboxylic acids is 2. The van der Waals surface area contributed by atoms with Gasteiger partial charge in [-0.3, -0.25) is 14.5 Å². The molecule has 0 bridgehead atoms. The van der Waals surface area contributed by atoms with Crippen molar-refractivity contribution in [3.63, 3.8) is 0 Å². The van der Waals surface area contributed by atoms with Gasteiger partial charge in [0.25, 0.3) is 0 Å². The van der Waals surface area contributed by atoms with Crippen LogP contribution in [-0.2, 0) is 15.8 Å². The van der Waals surface area contributed by atoms with E-state index in [1.807, 2.05) is 38.1 Å². The number of likely N-dealkylation sites (N-methyl/N-ethyl adjacent to an activating group) is 1. The summed E-state index contributed by atoms with van der Waals surface area (Å²) in [5, 5.41) is 5.22. The molecule has 2 N–H and O–H groups in total. The highest BCUT2D eigenvalue weighted by atomic mass is 19.4. The number of methoxy groups -OCH3 is 1. The largest absolute Gasteiger partial charge is 0.497 e. The lowest BCUT2D eigenvalue weighted by atomic mass is 9.96. The molecule has 1 unspecified atom stereocenters. The maximum Gasteiger partial charge on any atom is 0.418 e. The highest BCUT2D eigenvalue weighted by Gasteiger charge is 2.33. The van der Waals surface area contributed by atoms with Crippen LogP contribution in [0.25, 0.3) is 0 Å². The normalized spacial score (nSPS) is 12.5. The summed E-state index contributed by atoms with van der Waals surface area (Å²) in [6.07, 6.45) is -4.58. The van der Waals surface area contributed by atoms with Crippen molar-refractivity contribution in [1.82, 2.24) is 10.2 Å². The van der Waals surface area contributed by atoms with E-state index in [2.05, 4.69) is 10.6 Å². The first-order chi connectivity index (χ1) is 15.0. The topological polar surface area (TPSA) is 70.7 Å². The molecule has 32 heavy (non-hydrogen) atoms. The smallest absolute Gasteiger partial charge is 0.418 e. The van der Waals surface area contributed by atoms with E-state index in [1.54, 1.807) is 14.2 Å². The van der Waals surface area contributed by atoms with E-state index >= 15 is 0 Å². The van der Waals surface area contributed by atoms with Crippen molar-refractivity contribution in [3.05, 3.63) is 59.7 Å². The predicted octanol–water partition coefficient (Wildman–Crippen LogP) is 4.10. The van der Waals surface area contributed by atoms with Gasteiger partial charge in [0.1, 0.15) is 5.75 Å². The van der Waals surface area contributed by atoms with E-state index in [0.29, 0.717) is 5.75 Å². The average Bonchev–Trinajstić information content (AvgIpc) is 2.71. The minimum absolute atomic E-state index is 0.0896. The number of nitrogens with one attached hydrogen (secondary N) is 2. The Morgan fingerprint density at radius 1 is 1.00 bits per heavy atom. The highest BCUT2D eigenvalue weighted by molar-refractivity contribution is 5.93. The molecule has 2 aromatic carbocycles. The maximum absolute atomic E-state index is 13.1. The number of nitrogens with zero attached hydrogens (tertiary/aromatic N) is 1. The number of rotatable bonds is 9. The molecule has 2 amide bonds. The summed E-state index contributed by atoms with van der Waals surface area (Å²) in [6, 6.07) is 11.9. The Morgan fingerprint density at radius 2 is 1.59 bits per heavy atom. The summed E-state index contributed by atoms with van der Waals surface area (Å²) in [5.74, 6) is -0.127. The zero-order chi connectivity index (χ0) is 23.9. The van der Waals surface area contributed by atoms with Crippen LogP contribution in [0.15, 0.2) is 48.5 Å². The van der Waals surface area contributed by atoms with Crippen LogP contribution in [0, 0.1) is 5.92 Å². The molecule has 0 aliphatic carbocycles. The number of halogens is 3. The standard InChI is InChI=1S/C23H28F3N3O3/c1-15(2)22(16-9-11-17(32-4)12-10-16)28-21(31)14-29(3)13-20(30)27-19-8-6-5-7-18(19)23(24,25)26/h5-12,15,22H,13-14H2,1-4H3,(H,27,30)(H,28,31). The molecule has 0 saturated heterocycles. The van der Waals surface area contributed by atoms with Crippen LogP contribution >= 0.6 is 0 Å². The summed E-state index contributed by atoms with van der Waals surface area (Å²) in [7, 11) is 3.12. The lowest BCUT2D eigenvalue weighted by molar-refractivity contribution is -0.137. The summed E-state index contributed by atoms with van der Waals surface area (Å²) in [4.78, 5) is 26.2. The van der Waals surface area contributed by atoms with Gasteiger partial charge in [-0.2, -0.15) is 13.2 Å². The van der Waals surface area contributed by atoms with Gasteiger partial charge in [0.15, 0.2) is 0 Å². The Hall–Kier alpha value is -3.07. The molecule has 2 rings (SSSR count). The Morgan fingerprint density at radius 3 is 2.16 bits per heavy atom. The van der Waals surface area contributed by atoms with Crippen molar-refractivity contribution >= 4 is 17.5 Å². The molecule has 9 heteroatoms. The molecule has 0 radical (unpaired) electrons. The third-order valence-corrected chi connectivity index (χ3v) is 4.79. The number of carbonyl (C=O) groups is 2. The zero-order valence-electron chi connectivity index (χ0n) is 18.5. The number of alkyl halides is 3. The minimum Gasteiger partial charge on any atom is -0.497 e. The number of anilines is 1. The van der Waals surface area contributed by atoms with Crippen molar-refractivity contribution in [2.24, 2.45) is 5.92 Å². The van der Waals surface area contributed by atoms with Crippen LogP contribution in [0.5, 0.6) is 5.75 Å². The van der Waals surface area contributed by atoms with E-state index in [1.165, 1.54) is 23.1 Å². The molecule has 0 aromatic heterocycles. The van der Waals surface area contributed by atoms with Crippen LogP contribution in [0.1, 0.15) is 31.0 Å². The second-order valence-electron chi connectivity index (χ2n) is 7.83. The number of para-hydroxylation sites is 1. The summed E-state index contributed by atoms with van der Waals surface area (Å²) < 4.78 is 44.4. The molecule has 6 nitrogen and oxygen atoms in total. The number of ether oxygens (including phenoxy) is 1. The molecule has 174 valence electrons. The van der Waals surface area contributed by atoms with E-state index in [-0.39, 0.29) is 36.6 Å². The number of hydrogen-bond acceptors (Lipinski definition) is 4. The summed E-state index contributed by atoms with van der Waals surface area (Å²) in [5.41, 5.74) is -0.325. The first kappa shape index (κ1) is 25.2. The Balaban J connectivity index is 1.94. The average molecular weight is 451 g/mol. The summed E-state index contributed by atoms with van der Waals surface area (Å²) >= 11 is 0. The lowest BCUT2D eigenvalue weighted by Gasteiger charge is -2.25. The molecule has 0 aliphatic heterocycles. The fraction of sp³-hybridized carbons (Fsp3) is 0.391. The molecule has 0 aliphatic rings. The van der Waals surface area contributed by atoms with Crippen molar-refractivity contribution in [2.75, 3.05) is 32.6 Å². The van der Waals surface area contributed by atoms with Crippen LogP contribution in [0.4, 0.5) is 18.9 Å². The molecule has 2 aromatic rings. The zero-order valence-corrected chi connectivity index (χ0v) is 18.5. The second kappa shape index (κ2) is 11.0. The molecule has 0 spiro atoms. The van der Waals surface area contributed by atoms with Gasteiger partial charge >= 0.3 is 6.18 Å². The fourth-order valence-corrected chi connectivity index (χ4v) is 3.24. The van der Waals surface area contributed by atoms with Gasteiger partial charge in [0, 0.05) is 0 Å². The van der Waals surface area contributed by atoms with Crippen molar-refractivity contribution in [1.29, 1.82) is 0 Å². The van der Waals surface area contributed by atoms with Crippen molar-refractivity contribution < 1.29 is 27.5 Å². The molecule has 1 atom stereocenters. The van der Waals surface area contributed by atoms with Gasteiger partial charge in [-0.05, 0) is 42.8 Å². The Labute approximate surface area is 185 Å². The van der Waals surface area contributed by atoms with Gasteiger partial charge in [-0.25, -0.2) is 0 Å². The van der Waals surface area contributed by atoms with Crippen LogP contribution in [0.3, 0.4) is 0 Å². The summed E-state index contributed by atoms with van der Waals surface area (Å²) in [6.45, 7) is 3.62. The van der Waals surface area contributed by atoms with Gasteiger partial charge in [-0.15, -0.1) is 0 Å². The molecular formula is C23H28F3N3O3. The van der Waals surface area contributed by atoms with Crippen LogP contribution in [0.2, 0.25) is 0 Å². The van der Waals surface area contributed by atoms with Crippen molar-refractivity contribution in [3.8, 4) is 5.75 Å². The van der Waals surface area contributed by atoms with Crippen LogP contribution in [-0.4, -0.2) is 44.0 Å². The monoisotopic (exact) mass is 451 g/mol. The first-order valence-electron chi connectivity index (χ1n) is 10.1. The second-order valence-corrected chi connectivity index (χ2v) is 7.83. The first-order valence-corrected chi connectivity index (χ1v) is 10.1. The van der Waals surface area contributed by atoms with E-state index in [0.717, 1.165) is 11.6 Å². The molecular weight excluding hydrogens is 423 g/mol. The van der Waals surface area contributed by atoms with Gasteiger partial charge in [0.2, 0.25) is 11.8 Å². The van der Waals surface area contributed by atoms with E-state index < -0.39 is 17.6 Å². The molecule has 0 saturated carbocycles. The molecule has 0 heterocycles. The third kappa shape index (κ3) is 7.26. The fourth-order valence-electron chi connectivity index (χ4n) is 3.24. The van der Waals surface area contributed by atoms with E-state index in [4.69, 9.17) is 4.74 Å². The Bertz CT molecular complexity index is 915. The number of benzene rings is 2.